The van der Waals surface area contributed by atoms with Gasteiger partial charge in [0.15, 0.2) is 0 Å². The quantitative estimate of drug-likeness (QED) is 0.812. The van der Waals surface area contributed by atoms with Crippen LogP contribution in [0.2, 0.25) is 0 Å². The average Bonchev–Trinajstić information content (AvgIpc) is 3.19. The van der Waals surface area contributed by atoms with Crippen LogP contribution in [0, 0.1) is 19.3 Å². The van der Waals surface area contributed by atoms with Crippen LogP contribution in [0.1, 0.15) is 52.6 Å². The number of aromatic nitrogens is 3. The van der Waals surface area contributed by atoms with Crippen molar-refractivity contribution in [2.24, 2.45) is 12.5 Å². The SMILES string of the molecule is Cc1cc(C(=O)N2CCCC3(CCCN(Cc4csc(C)n4)C3)C2)n(C)n1. The van der Waals surface area contributed by atoms with Crippen molar-refractivity contribution in [2.45, 2.75) is 46.1 Å². The van der Waals surface area contributed by atoms with Crippen LogP contribution in [-0.2, 0) is 13.6 Å². The summed E-state index contributed by atoms with van der Waals surface area (Å²) < 4.78 is 1.72. The minimum absolute atomic E-state index is 0.129. The van der Waals surface area contributed by atoms with Gasteiger partial charge in [-0.25, -0.2) is 4.98 Å². The van der Waals surface area contributed by atoms with Gasteiger partial charge in [0.25, 0.3) is 5.91 Å². The van der Waals surface area contributed by atoms with Gasteiger partial charge in [-0.05, 0) is 52.1 Å². The Morgan fingerprint density at radius 1 is 1.22 bits per heavy atom. The second-order valence-corrected chi connectivity index (χ2v) is 9.36. The molecule has 1 spiro atoms. The van der Waals surface area contributed by atoms with E-state index in [-0.39, 0.29) is 11.3 Å². The molecule has 6 nitrogen and oxygen atoms in total. The molecule has 2 aliphatic heterocycles. The Kier molecular flexibility index (Phi) is 5.07. The fraction of sp³-hybridized carbons (Fsp3) is 0.650. The van der Waals surface area contributed by atoms with Crippen LogP contribution in [-0.4, -0.2) is 56.7 Å². The number of nitrogens with zero attached hydrogens (tertiary/aromatic N) is 5. The Bertz CT molecular complexity index is 824. The lowest BCUT2D eigenvalue weighted by Gasteiger charge is -2.48. The molecule has 146 valence electrons. The van der Waals surface area contributed by atoms with E-state index in [1.165, 1.54) is 25.0 Å². The molecule has 2 aliphatic rings. The van der Waals surface area contributed by atoms with Crippen LogP contribution in [0.4, 0.5) is 0 Å². The monoisotopic (exact) mass is 387 g/mol. The number of aryl methyl sites for hydroxylation is 3. The highest BCUT2D eigenvalue weighted by Crippen LogP contribution is 2.39. The number of rotatable bonds is 3. The summed E-state index contributed by atoms with van der Waals surface area (Å²) in [5.74, 6) is 0.129. The smallest absolute Gasteiger partial charge is 0.272 e. The lowest BCUT2D eigenvalue weighted by molar-refractivity contribution is 0.0106. The lowest BCUT2D eigenvalue weighted by Crippen LogP contribution is -2.53. The van der Waals surface area contributed by atoms with Crippen molar-refractivity contribution in [2.75, 3.05) is 26.2 Å². The van der Waals surface area contributed by atoms with Gasteiger partial charge in [-0.15, -0.1) is 11.3 Å². The van der Waals surface area contributed by atoms with Gasteiger partial charge in [0, 0.05) is 44.0 Å². The van der Waals surface area contributed by atoms with Gasteiger partial charge in [-0.3, -0.25) is 14.4 Å². The number of amides is 1. The molecule has 0 radical (unpaired) electrons. The summed E-state index contributed by atoms with van der Waals surface area (Å²) in [6.07, 6.45) is 4.73. The first kappa shape index (κ1) is 18.6. The molecule has 0 saturated carbocycles. The molecular weight excluding hydrogens is 358 g/mol. The second kappa shape index (κ2) is 7.36. The molecule has 0 bridgehead atoms. The largest absolute Gasteiger partial charge is 0.337 e. The normalized spacial score (nSPS) is 23.9. The van der Waals surface area contributed by atoms with Crippen molar-refractivity contribution in [3.05, 3.63) is 33.5 Å². The third-order valence-electron chi connectivity index (χ3n) is 5.96. The molecule has 1 atom stereocenters. The summed E-state index contributed by atoms with van der Waals surface area (Å²) >= 11 is 1.73. The van der Waals surface area contributed by atoms with E-state index in [0.29, 0.717) is 5.69 Å². The molecule has 2 saturated heterocycles. The van der Waals surface area contributed by atoms with Gasteiger partial charge in [0.1, 0.15) is 5.69 Å². The van der Waals surface area contributed by atoms with E-state index in [1.54, 1.807) is 16.0 Å². The zero-order chi connectivity index (χ0) is 19.0. The third-order valence-corrected chi connectivity index (χ3v) is 6.78. The summed E-state index contributed by atoms with van der Waals surface area (Å²) in [4.78, 5) is 22.3. The summed E-state index contributed by atoms with van der Waals surface area (Å²) in [6, 6.07) is 1.90. The second-order valence-electron chi connectivity index (χ2n) is 8.30. The van der Waals surface area contributed by atoms with Gasteiger partial charge in [-0.2, -0.15) is 5.10 Å². The van der Waals surface area contributed by atoms with Gasteiger partial charge in [0.05, 0.1) is 16.4 Å². The molecule has 1 unspecified atom stereocenters. The predicted molar refractivity (Wildman–Crippen MR) is 107 cm³/mol. The number of carbonyl (C=O) groups excluding carboxylic acids is 1. The minimum Gasteiger partial charge on any atom is -0.337 e. The van der Waals surface area contributed by atoms with Crippen LogP contribution in [0.5, 0.6) is 0 Å². The van der Waals surface area contributed by atoms with Crippen LogP contribution >= 0.6 is 11.3 Å². The highest BCUT2D eigenvalue weighted by Gasteiger charge is 2.41. The Labute approximate surface area is 165 Å². The summed E-state index contributed by atoms with van der Waals surface area (Å²) in [6.45, 7) is 8.86. The number of likely N-dealkylation sites (tertiary alicyclic amines) is 2. The fourth-order valence-corrected chi connectivity index (χ4v) is 5.45. The first-order valence-corrected chi connectivity index (χ1v) is 10.8. The topological polar surface area (TPSA) is 54.3 Å². The van der Waals surface area contributed by atoms with E-state index in [2.05, 4.69) is 32.2 Å². The first-order chi connectivity index (χ1) is 12.9. The van der Waals surface area contributed by atoms with E-state index in [4.69, 9.17) is 0 Å². The van der Waals surface area contributed by atoms with Crippen molar-refractivity contribution >= 4 is 17.2 Å². The van der Waals surface area contributed by atoms with Crippen LogP contribution in [0.3, 0.4) is 0 Å². The Morgan fingerprint density at radius 2 is 2.00 bits per heavy atom. The van der Waals surface area contributed by atoms with Crippen molar-refractivity contribution in [1.29, 1.82) is 0 Å². The van der Waals surface area contributed by atoms with E-state index in [9.17, 15) is 4.79 Å². The molecule has 27 heavy (non-hydrogen) atoms. The zero-order valence-corrected chi connectivity index (χ0v) is 17.4. The van der Waals surface area contributed by atoms with E-state index in [0.717, 1.165) is 49.8 Å². The van der Waals surface area contributed by atoms with Gasteiger partial charge in [-0.1, -0.05) is 0 Å². The number of thiazole rings is 1. The molecule has 0 N–H and O–H groups in total. The standard InChI is InChI=1S/C20H29N5OS/c1-15-10-18(23(3)22-15)19(26)25-9-5-7-20(14-25)6-4-8-24(13-20)11-17-12-27-16(2)21-17/h10,12H,4-9,11,13-14H2,1-3H3. The third kappa shape index (κ3) is 3.94. The van der Waals surface area contributed by atoms with E-state index >= 15 is 0 Å². The maximum atomic E-state index is 13.1. The Morgan fingerprint density at radius 3 is 2.67 bits per heavy atom. The zero-order valence-electron chi connectivity index (χ0n) is 16.6. The number of carbonyl (C=O) groups is 1. The maximum Gasteiger partial charge on any atom is 0.272 e. The van der Waals surface area contributed by atoms with Gasteiger partial charge < -0.3 is 4.90 Å². The predicted octanol–water partition coefficient (Wildman–Crippen LogP) is 3.01. The van der Waals surface area contributed by atoms with Crippen molar-refractivity contribution < 1.29 is 4.79 Å². The number of piperidine rings is 2. The molecule has 2 fully saturated rings. The van der Waals surface area contributed by atoms with Crippen LogP contribution in [0.15, 0.2) is 11.4 Å². The lowest BCUT2D eigenvalue weighted by atomic mass is 9.73. The van der Waals surface area contributed by atoms with Crippen LogP contribution < -0.4 is 0 Å². The van der Waals surface area contributed by atoms with E-state index < -0.39 is 0 Å². The van der Waals surface area contributed by atoms with Crippen LogP contribution in [0.25, 0.3) is 0 Å². The summed E-state index contributed by atoms with van der Waals surface area (Å²) in [7, 11) is 1.86. The van der Waals surface area contributed by atoms with Gasteiger partial charge >= 0.3 is 0 Å². The van der Waals surface area contributed by atoms with Crippen molar-refractivity contribution in [1.82, 2.24) is 24.6 Å². The summed E-state index contributed by atoms with van der Waals surface area (Å²) in [5.41, 5.74) is 3.01. The Balaban J connectivity index is 1.46. The molecule has 1 amide bonds. The number of hydrogen-bond donors (Lipinski definition) is 0. The molecule has 2 aromatic rings. The summed E-state index contributed by atoms with van der Waals surface area (Å²) in [5, 5.41) is 7.66. The molecule has 7 heteroatoms. The molecular formula is C20H29N5OS. The van der Waals surface area contributed by atoms with Crippen molar-refractivity contribution in [3.63, 3.8) is 0 Å². The number of hydrogen-bond acceptors (Lipinski definition) is 5. The molecule has 4 heterocycles. The molecule has 4 rings (SSSR count). The maximum absolute atomic E-state index is 13.1. The highest BCUT2D eigenvalue weighted by atomic mass is 32.1. The molecule has 0 aromatic carbocycles. The Hall–Kier alpha value is -1.73. The fourth-order valence-electron chi connectivity index (χ4n) is 4.84. The minimum atomic E-state index is 0.129. The highest BCUT2D eigenvalue weighted by molar-refractivity contribution is 7.09. The molecule has 2 aromatic heterocycles. The van der Waals surface area contributed by atoms with Crippen molar-refractivity contribution in [3.8, 4) is 0 Å². The first-order valence-electron chi connectivity index (χ1n) is 9.87. The van der Waals surface area contributed by atoms with E-state index in [1.807, 2.05) is 20.0 Å². The average molecular weight is 388 g/mol. The van der Waals surface area contributed by atoms with Gasteiger partial charge in [0.2, 0.25) is 0 Å². The molecule has 0 aliphatic carbocycles.